The molecule has 1 unspecified atom stereocenters. The van der Waals surface area contributed by atoms with E-state index in [4.69, 9.17) is 11.6 Å². The molecule has 2 amide bonds. The summed E-state index contributed by atoms with van der Waals surface area (Å²) in [6.07, 6.45) is 6.49. The molecule has 0 aromatic heterocycles. The maximum Gasteiger partial charge on any atom is 0.253 e. The van der Waals surface area contributed by atoms with Gasteiger partial charge in [-0.15, -0.1) is 0 Å². The molecule has 2 heterocycles. The zero-order chi connectivity index (χ0) is 31.2. The van der Waals surface area contributed by atoms with E-state index in [1.54, 1.807) is 0 Å². The average Bonchev–Trinajstić information content (AvgIpc) is 3.05. The number of carbonyl (C=O) groups is 2. The molecule has 1 atom stereocenters. The Kier molecular flexibility index (Phi) is 10.5. The Labute approximate surface area is 269 Å². The first-order chi connectivity index (χ1) is 21.2. The molecule has 0 N–H and O–H groups in total. The summed E-state index contributed by atoms with van der Waals surface area (Å²) >= 11 is 6.51. The highest BCUT2D eigenvalue weighted by Crippen LogP contribution is 2.41. The zero-order valence-corrected chi connectivity index (χ0v) is 27.4. The third kappa shape index (κ3) is 7.21. The first kappa shape index (κ1) is 32.2. The summed E-state index contributed by atoms with van der Waals surface area (Å²) in [7, 11) is 2.01. The maximum atomic E-state index is 13.5. The fraction of sp³-hybridized carbons (Fsp3) is 0.474. The lowest BCUT2D eigenvalue weighted by Crippen LogP contribution is -2.54. The minimum atomic E-state index is -0.270. The van der Waals surface area contributed by atoms with Crippen molar-refractivity contribution in [1.82, 2.24) is 14.7 Å². The number of carbonyl (C=O) groups excluding carboxylic acids is 2. The molecule has 234 valence electrons. The molecule has 2 aliphatic heterocycles. The summed E-state index contributed by atoms with van der Waals surface area (Å²) in [4.78, 5) is 33.5. The molecule has 0 aliphatic carbocycles. The summed E-state index contributed by atoms with van der Waals surface area (Å²) in [5.74, 6) is 0.678. The van der Waals surface area contributed by atoms with Gasteiger partial charge in [-0.2, -0.15) is 0 Å². The molecule has 0 radical (unpaired) electrons. The molecule has 0 saturated carbocycles. The maximum absolute atomic E-state index is 13.5. The second kappa shape index (κ2) is 14.3. The molecular weight excluding hydrogens is 566 g/mol. The average molecular weight is 614 g/mol. The number of rotatable bonds is 10. The molecule has 2 saturated heterocycles. The molecule has 0 bridgehead atoms. The standard InChI is InChI=1S/C38H48ClN3O2/c1-30(2)27-35(43)40(3)38(32-15-8-5-9-16-32)21-25-41(26-22-38)23-11-19-37(33-17-10-18-34(39)28-33)20-12-24-42(29-37)36(44)31-13-6-4-7-14-31/h4-10,13-18,28,30H,11-12,19-27,29H2,1-3H3. The Morgan fingerprint density at radius 3 is 2.18 bits per heavy atom. The van der Waals surface area contributed by atoms with Crippen LogP contribution in [0.2, 0.25) is 5.02 Å². The molecule has 5 rings (SSSR count). The Morgan fingerprint density at radius 2 is 1.52 bits per heavy atom. The number of nitrogens with zero attached hydrogens (tertiary/aromatic N) is 3. The Hall–Kier alpha value is -3.15. The minimum Gasteiger partial charge on any atom is -0.338 e. The van der Waals surface area contributed by atoms with Gasteiger partial charge in [-0.25, -0.2) is 0 Å². The van der Waals surface area contributed by atoms with Crippen LogP contribution in [0.3, 0.4) is 0 Å². The number of hydrogen-bond donors (Lipinski definition) is 0. The fourth-order valence-corrected chi connectivity index (χ4v) is 7.74. The minimum absolute atomic E-state index is 0.112. The fourth-order valence-electron chi connectivity index (χ4n) is 7.55. The topological polar surface area (TPSA) is 43.9 Å². The first-order valence-electron chi connectivity index (χ1n) is 16.4. The Bertz CT molecular complexity index is 1390. The normalized spacial score (nSPS) is 20.4. The van der Waals surface area contributed by atoms with Crippen LogP contribution in [0.1, 0.15) is 80.3 Å². The summed E-state index contributed by atoms with van der Waals surface area (Å²) in [6.45, 7) is 8.64. The summed E-state index contributed by atoms with van der Waals surface area (Å²) < 4.78 is 0. The van der Waals surface area contributed by atoms with E-state index in [2.05, 4.69) is 66.1 Å². The summed E-state index contributed by atoms with van der Waals surface area (Å²) in [5.41, 5.74) is 2.84. The monoisotopic (exact) mass is 613 g/mol. The van der Waals surface area contributed by atoms with Gasteiger partial charge in [0.15, 0.2) is 0 Å². The van der Waals surface area contributed by atoms with E-state index in [1.165, 1.54) is 11.1 Å². The van der Waals surface area contributed by atoms with Crippen molar-refractivity contribution in [1.29, 1.82) is 0 Å². The third-order valence-corrected chi connectivity index (χ3v) is 10.3. The molecule has 5 nitrogen and oxygen atoms in total. The van der Waals surface area contributed by atoms with Crippen molar-refractivity contribution in [3.05, 3.63) is 107 Å². The van der Waals surface area contributed by atoms with E-state index < -0.39 is 0 Å². The highest BCUT2D eigenvalue weighted by atomic mass is 35.5. The number of halogens is 1. The third-order valence-electron chi connectivity index (χ3n) is 10.0. The van der Waals surface area contributed by atoms with Crippen molar-refractivity contribution in [2.24, 2.45) is 5.92 Å². The molecule has 44 heavy (non-hydrogen) atoms. The van der Waals surface area contributed by atoms with Crippen LogP contribution >= 0.6 is 11.6 Å². The van der Waals surface area contributed by atoms with Crippen molar-refractivity contribution >= 4 is 23.4 Å². The molecule has 0 spiro atoms. The number of hydrogen-bond acceptors (Lipinski definition) is 3. The lowest BCUT2D eigenvalue weighted by molar-refractivity contribution is -0.139. The van der Waals surface area contributed by atoms with Gasteiger partial charge in [0.2, 0.25) is 5.91 Å². The van der Waals surface area contributed by atoms with Crippen LogP contribution in [0, 0.1) is 5.92 Å². The van der Waals surface area contributed by atoms with Crippen molar-refractivity contribution in [3.8, 4) is 0 Å². The lowest BCUT2D eigenvalue weighted by atomic mass is 9.70. The number of amides is 2. The van der Waals surface area contributed by atoms with Crippen molar-refractivity contribution in [2.75, 3.05) is 39.8 Å². The molecule has 3 aromatic carbocycles. The van der Waals surface area contributed by atoms with Gasteiger partial charge in [0.05, 0.1) is 5.54 Å². The highest BCUT2D eigenvalue weighted by molar-refractivity contribution is 6.30. The van der Waals surface area contributed by atoms with Gasteiger partial charge >= 0.3 is 0 Å². The van der Waals surface area contributed by atoms with E-state index in [0.29, 0.717) is 18.9 Å². The van der Waals surface area contributed by atoms with Crippen molar-refractivity contribution in [3.63, 3.8) is 0 Å². The first-order valence-corrected chi connectivity index (χ1v) is 16.8. The molecule has 6 heteroatoms. The zero-order valence-electron chi connectivity index (χ0n) is 26.7. The molecular formula is C38H48ClN3O2. The van der Waals surface area contributed by atoms with E-state index in [9.17, 15) is 9.59 Å². The smallest absolute Gasteiger partial charge is 0.253 e. The second-order valence-electron chi connectivity index (χ2n) is 13.4. The molecule has 2 aliphatic rings. The van der Waals surface area contributed by atoms with Crippen LogP contribution < -0.4 is 0 Å². The number of piperidine rings is 2. The Morgan fingerprint density at radius 1 is 0.864 bits per heavy atom. The summed E-state index contributed by atoms with van der Waals surface area (Å²) in [6, 6.07) is 28.6. The number of likely N-dealkylation sites (tertiary alicyclic amines) is 2. The van der Waals surface area contributed by atoms with E-state index in [-0.39, 0.29) is 22.8 Å². The van der Waals surface area contributed by atoms with Crippen LogP contribution in [-0.4, -0.2) is 66.3 Å². The van der Waals surface area contributed by atoms with Crippen LogP contribution in [0.15, 0.2) is 84.9 Å². The van der Waals surface area contributed by atoms with Gasteiger partial charge in [0.1, 0.15) is 0 Å². The highest BCUT2D eigenvalue weighted by Gasteiger charge is 2.42. The Balaban J connectivity index is 1.28. The van der Waals surface area contributed by atoms with Gasteiger partial charge in [-0.3, -0.25) is 9.59 Å². The molecule has 3 aromatic rings. The lowest BCUT2D eigenvalue weighted by Gasteiger charge is -2.48. The van der Waals surface area contributed by atoms with Gasteiger partial charge in [-0.05, 0) is 86.4 Å². The van der Waals surface area contributed by atoms with Crippen LogP contribution in [-0.2, 0) is 15.7 Å². The van der Waals surface area contributed by atoms with Gasteiger partial charge in [0, 0.05) is 55.6 Å². The van der Waals surface area contributed by atoms with Crippen LogP contribution in [0.4, 0.5) is 0 Å². The van der Waals surface area contributed by atoms with E-state index in [0.717, 1.165) is 75.3 Å². The van der Waals surface area contributed by atoms with Gasteiger partial charge in [-0.1, -0.05) is 86.1 Å². The quantitative estimate of drug-likeness (QED) is 0.234. The van der Waals surface area contributed by atoms with Gasteiger partial charge < -0.3 is 14.7 Å². The predicted octanol–water partition coefficient (Wildman–Crippen LogP) is 7.79. The van der Waals surface area contributed by atoms with Crippen molar-refractivity contribution < 1.29 is 9.59 Å². The van der Waals surface area contributed by atoms with E-state index >= 15 is 0 Å². The predicted molar refractivity (Wildman–Crippen MR) is 180 cm³/mol. The second-order valence-corrected chi connectivity index (χ2v) is 13.8. The largest absolute Gasteiger partial charge is 0.338 e. The van der Waals surface area contributed by atoms with E-state index in [1.807, 2.05) is 54.4 Å². The van der Waals surface area contributed by atoms with Crippen LogP contribution in [0.5, 0.6) is 0 Å². The summed E-state index contributed by atoms with van der Waals surface area (Å²) in [5, 5.41) is 0.748. The van der Waals surface area contributed by atoms with Gasteiger partial charge in [0.25, 0.3) is 5.91 Å². The number of benzene rings is 3. The SMILES string of the molecule is CC(C)CC(=O)N(C)C1(c2ccccc2)CCN(CCCC2(c3cccc(Cl)c3)CCCN(C(=O)c3ccccc3)C2)CC1. The van der Waals surface area contributed by atoms with Crippen molar-refractivity contribution in [2.45, 2.75) is 69.7 Å². The van der Waals surface area contributed by atoms with Crippen LogP contribution in [0.25, 0.3) is 0 Å². The molecule has 2 fully saturated rings.